The number of amidine groups is 1. The number of carbonyl (C=O) groups excluding carboxylic acids is 1. The fraction of sp³-hybridized carbons (Fsp3) is 0.562. The summed E-state index contributed by atoms with van der Waals surface area (Å²) < 4.78 is 0. The van der Waals surface area contributed by atoms with Crippen LogP contribution in [0, 0.1) is 0 Å². The zero-order valence-electron chi connectivity index (χ0n) is 13.9. The standard InChI is InChI=1S/C16H23N5OS/c1-12-10-18-16(23-12)21-8-6-20(7-9-21)15(22)13-11-17-5-4-14(13)19(2)3/h4-5,11-12H,6-10H2,1-3H3. The Hall–Kier alpha value is -1.76. The van der Waals surface area contributed by atoms with Crippen molar-refractivity contribution in [2.75, 3.05) is 51.7 Å². The van der Waals surface area contributed by atoms with E-state index in [2.05, 4.69) is 21.8 Å². The van der Waals surface area contributed by atoms with Gasteiger partial charge in [0.15, 0.2) is 5.17 Å². The highest BCUT2D eigenvalue weighted by molar-refractivity contribution is 8.14. The zero-order chi connectivity index (χ0) is 16.4. The number of anilines is 1. The number of amides is 1. The lowest BCUT2D eigenvalue weighted by atomic mass is 10.2. The van der Waals surface area contributed by atoms with Crippen LogP contribution in [0.15, 0.2) is 23.5 Å². The van der Waals surface area contributed by atoms with E-state index in [1.165, 1.54) is 0 Å². The van der Waals surface area contributed by atoms with Crippen LogP contribution in [0.1, 0.15) is 17.3 Å². The molecule has 2 aliphatic heterocycles. The second-order valence-electron chi connectivity index (χ2n) is 6.12. The molecule has 0 aliphatic carbocycles. The van der Waals surface area contributed by atoms with E-state index in [-0.39, 0.29) is 5.91 Å². The van der Waals surface area contributed by atoms with Crippen LogP contribution in [-0.2, 0) is 0 Å². The highest BCUT2D eigenvalue weighted by Gasteiger charge is 2.28. The lowest BCUT2D eigenvalue weighted by Gasteiger charge is -2.36. The Morgan fingerprint density at radius 3 is 2.65 bits per heavy atom. The number of pyridine rings is 1. The molecule has 0 N–H and O–H groups in total. The number of thioether (sulfide) groups is 1. The largest absolute Gasteiger partial charge is 0.377 e. The van der Waals surface area contributed by atoms with E-state index in [0.717, 1.165) is 43.6 Å². The Kier molecular flexibility index (Phi) is 4.75. The van der Waals surface area contributed by atoms with Crippen molar-refractivity contribution in [3.05, 3.63) is 24.0 Å². The van der Waals surface area contributed by atoms with Gasteiger partial charge >= 0.3 is 0 Å². The van der Waals surface area contributed by atoms with Crippen molar-refractivity contribution in [1.82, 2.24) is 14.8 Å². The van der Waals surface area contributed by atoms with Crippen LogP contribution >= 0.6 is 11.8 Å². The molecule has 0 bridgehead atoms. The van der Waals surface area contributed by atoms with E-state index in [0.29, 0.717) is 10.8 Å². The molecule has 0 aromatic carbocycles. The minimum Gasteiger partial charge on any atom is -0.377 e. The quantitative estimate of drug-likeness (QED) is 0.819. The predicted octanol–water partition coefficient (Wildman–Crippen LogP) is 1.40. The summed E-state index contributed by atoms with van der Waals surface area (Å²) in [5.41, 5.74) is 1.59. The Morgan fingerprint density at radius 2 is 2.04 bits per heavy atom. The molecule has 3 heterocycles. The first-order chi connectivity index (χ1) is 11.1. The van der Waals surface area contributed by atoms with Gasteiger partial charge in [0.05, 0.1) is 17.8 Å². The van der Waals surface area contributed by atoms with Gasteiger partial charge < -0.3 is 14.7 Å². The normalized spacial score (nSPS) is 21.3. The molecule has 0 saturated carbocycles. The summed E-state index contributed by atoms with van der Waals surface area (Å²) in [5, 5.41) is 1.71. The Morgan fingerprint density at radius 1 is 1.30 bits per heavy atom. The average Bonchev–Trinajstić information content (AvgIpc) is 3.01. The van der Waals surface area contributed by atoms with Crippen molar-refractivity contribution < 1.29 is 4.79 Å². The number of hydrogen-bond donors (Lipinski definition) is 0. The van der Waals surface area contributed by atoms with Gasteiger partial charge in [-0.25, -0.2) is 0 Å². The third kappa shape index (κ3) is 3.44. The van der Waals surface area contributed by atoms with Crippen LogP contribution in [-0.4, -0.2) is 77.9 Å². The summed E-state index contributed by atoms with van der Waals surface area (Å²) in [6.45, 7) is 6.26. The van der Waals surface area contributed by atoms with Crippen molar-refractivity contribution >= 4 is 28.5 Å². The summed E-state index contributed by atoms with van der Waals surface area (Å²) >= 11 is 1.84. The van der Waals surface area contributed by atoms with E-state index < -0.39 is 0 Å². The van der Waals surface area contributed by atoms with Gasteiger partial charge in [0.2, 0.25) is 0 Å². The molecule has 1 unspecified atom stereocenters. The number of nitrogens with zero attached hydrogens (tertiary/aromatic N) is 5. The van der Waals surface area contributed by atoms with E-state index in [1.54, 1.807) is 12.4 Å². The molecule has 1 aromatic heterocycles. The topological polar surface area (TPSA) is 52.0 Å². The van der Waals surface area contributed by atoms with Gasteiger partial charge in [-0.3, -0.25) is 14.8 Å². The van der Waals surface area contributed by atoms with Crippen LogP contribution in [0.4, 0.5) is 5.69 Å². The molecule has 1 aromatic rings. The fourth-order valence-corrected chi connectivity index (χ4v) is 3.84. The van der Waals surface area contributed by atoms with Crippen LogP contribution in [0.3, 0.4) is 0 Å². The van der Waals surface area contributed by atoms with Gasteiger partial charge in [-0.2, -0.15) is 0 Å². The minimum atomic E-state index is 0.0656. The summed E-state index contributed by atoms with van der Waals surface area (Å²) in [6, 6.07) is 1.88. The predicted molar refractivity (Wildman–Crippen MR) is 95.4 cm³/mol. The fourth-order valence-electron chi connectivity index (χ4n) is 2.85. The first-order valence-electron chi connectivity index (χ1n) is 7.93. The molecule has 3 rings (SSSR count). The number of hydrogen-bond acceptors (Lipinski definition) is 6. The smallest absolute Gasteiger partial charge is 0.257 e. The van der Waals surface area contributed by atoms with Gasteiger partial charge in [-0.15, -0.1) is 0 Å². The van der Waals surface area contributed by atoms with E-state index in [1.807, 2.05) is 41.7 Å². The monoisotopic (exact) mass is 333 g/mol. The molecule has 1 saturated heterocycles. The SMILES string of the molecule is CC1CN=C(N2CCN(C(=O)c3cnccc3N(C)C)CC2)S1. The third-order valence-electron chi connectivity index (χ3n) is 4.14. The number of aromatic nitrogens is 1. The second-order valence-corrected chi connectivity index (χ2v) is 7.52. The lowest BCUT2D eigenvalue weighted by molar-refractivity contribution is 0.0694. The van der Waals surface area contributed by atoms with Crippen molar-refractivity contribution in [3.8, 4) is 0 Å². The van der Waals surface area contributed by atoms with Crippen molar-refractivity contribution in [2.45, 2.75) is 12.2 Å². The van der Waals surface area contributed by atoms with Gasteiger partial charge in [0.25, 0.3) is 5.91 Å². The Balaban J connectivity index is 1.65. The van der Waals surface area contributed by atoms with E-state index in [4.69, 9.17) is 0 Å². The van der Waals surface area contributed by atoms with E-state index >= 15 is 0 Å². The summed E-state index contributed by atoms with van der Waals surface area (Å²) in [5.74, 6) is 0.0656. The maximum Gasteiger partial charge on any atom is 0.257 e. The van der Waals surface area contributed by atoms with Gasteiger partial charge in [0.1, 0.15) is 0 Å². The number of aliphatic imine (C=N–C) groups is 1. The molecule has 1 fully saturated rings. The molecule has 0 spiro atoms. The van der Waals surface area contributed by atoms with Crippen LogP contribution in [0.2, 0.25) is 0 Å². The number of piperazine rings is 1. The summed E-state index contributed by atoms with van der Waals surface area (Å²) in [4.78, 5) is 27.7. The number of rotatable bonds is 2. The average molecular weight is 333 g/mol. The summed E-state index contributed by atoms with van der Waals surface area (Å²) in [6.07, 6.45) is 3.39. The maximum atomic E-state index is 12.8. The van der Waals surface area contributed by atoms with Crippen LogP contribution in [0.25, 0.3) is 0 Å². The first-order valence-corrected chi connectivity index (χ1v) is 8.81. The molecular weight excluding hydrogens is 310 g/mol. The van der Waals surface area contributed by atoms with Gasteiger partial charge in [-0.1, -0.05) is 18.7 Å². The Labute approximate surface area is 141 Å². The van der Waals surface area contributed by atoms with Crippen LogP contribution < -0.4 is 4.90 Å². The summed E-state index contributed by atoms with van der Waals surface area (Å²) in [7, 11) is 3.89. The molecule has 124 valence electrons. The molecule has 0 radical (unpaired) electrons. The maximum absolute atomic E-state index is 12.8. The number of carbonyl (C=O) groups is 1. The lowest BCUT2D eigenvalue weighted by Crippen LogP contribution is -2.50. The molecular formula is C16H23N5OS. The zero-order valence-corrected chi connectivity index (χ0v) is 14.7. The second kappa shape index (κ2) is 6.78. The molecule has 6 nitrogen and oxygen atoms in total. The van der Waals surface area contributed by atoms with Crippen molar-refractivity contribution in [3.63, 3.8) is 0 Å². The highest BCUT2D eigenvalue weighted by Crippen LogP contribution is 2.24. The van der Waals surface area contributed by atoms with Gasteiger partial charge in [-0.05, 0) is 6.07 Å². The molecule has 2 aliphatic rings. The van der Waals surface area contributed by atoms with Crippen molar-refractivity contribution in [1.29, 1.82) is 0 Å². The van der Waals surface area contributed by atoms with E-state index in [9.17, 15) is 4.79 Å². The molecule has 23 heavy (non-hydrogen) atoms. The third-order valence-corrected chi connectivity index (χ3v) is 5.29. The first kappa shape index (κ1) is 16.1. The molecule has 1 amide bonds. The Bertz CT molecular complexity index is 610. The van der Waals surface area contributed by atoms with Crippen LogP contribution in [0.5, 0.6) is 0 Å². The molecule has 1 atom stereocenters. The van der Waals surface area contributed by atoms with Gasteiger partial charge in [0, 0.05) is 57.9 Å². The highest BCUT2D eigenvalue weighted by atomic mass is 32.2. The molecule has 7 heteroatoms. The van der Waals surface area contributed by atoms with Crippen molar-refractivity contribution in [2.24, 2.45) is 4.99 Å². The minimum absolute atomic E-state index is 0.0656.